The molecule has 0 unspecified atom stereocenters. The monoisotopic (exact) mass is 377 g/mol. The van der Waals surface area contributed by atoms with Crippen molar-refractivity contribution in [2.75, 3.05) is 6.61 Å². The summed E-state index contributed by atoms with van der Waals surface area (Å²) in [5, 5.41) is 4.93. The van der Waals surface area contributed by atoms with Crippen LogP contribution in [0.15, 0.2) is 17.6 Å². The molecule has 1 fully saturated rings. The minimum Gasteiger partial charge on any atom is -0.451 e. The summed E-state index contributed by atoms with van der Waals surface area (Å²) < 4.78 is 7.13. The summed E-state index contributed by atoms with van der Waals surface area (Å²) in [6.45, 7) is -0.230. The van der Waals surface area contributed by atoms with Gasteiger partial charge >= 0.3 is 5.97 Å². The number of aromatic nitrogens is 2. The van der Waals surface area contributed by atoms with E-state index < -0.39 is 5.97 Å². The molecule has 0 saturated heterocycles. The second-order valence-electron chi connectivity index (χ2n) is 6.30. The van der Waals surface area contributed by atoms with Gasteiger partial charge in [-0.25, -0.2) is 9.78 Å². The summed E-state index contributed by atoms with van der Waals surface area (Å²) in [6, 6.07) is 1.99. The van der Waals surface area contributed by atoms with Gasteiger partial charge in [-0.15, -0.1) is 22.7 Å². The van der Waals surface area contributed by atoms with Crippen molar-refractivity contribution in [1.29, 1.82) is 0 Å². The van der Waals surface area contributed by atoms with E-state index in [4.69, 9.17) is 4.74 Å². The number of ether oxygens (including phenoxy) is 1. The Labute approximate surface area is 152 Å². The lowest BCUT2D eigenvalue weighted by molar-refractivity contribution is -0.125. The zero-order valence-electron chi connectivity index (χ0n) is 13.7. The van der Waals surface area contributed by atoms with Crippen LogP contribution in [-0.2, 0) is 9.53 Å². The van der Waals surface area contributed by atoms with E-state index in [9.17, 15) is 9.59 Å². The summed E-state index contributed by atoms with van der Waals surface area (Å²) in [5.41, 5.74) is 0.899. The van der Waals surface area contributed by atoms with Gasteiger partial charge in [-0.05, 0) is 18.9 Å². The number of carbonyl (C=O) groups is 2. The Kier molecular flexibility index (Phi) is 4.72. The number of imidazole rings is 1. The molecule has 1 amide bonds. The normalized spacial score (nSPS) is 16.2. The zero-order valence-corrected chi connectivity index (χ0v) is 15.3. The molecule has 6 nitrogen and oxygen atoms in total. The molecule has 132 valence electrons. The maximum absolute atomic E-state index is 12.2. The molecule has 8 heteroatoms. The van der Waals surface area contributed by atoms with Crippen molar-refractivity contribution in [2.24, 2.45) is 0 Å². The van der Waals surface area contributed by atoms with Crippen LogP contribution in [0.2, 0.25) is 0 Å². The molecule has 0 spiro atoms. The van der Waals surface area contributed by atoms with Gasteiger partial charge in [0.05, 0.1) is 5.52 Å². The van der Waals surface area contributed by atoms with Crippen molar-refractivity contribution >= 4 is 49.9 Å². The van der Waals surface area contributed by atoms with Crippen LogP contribution in [0.3, 0.4) is 0 Å². The van der Waals surface area contributed by atoms with E-state index in [0.717, 1.165) is 41.0 Å². The van der Waals surface area contributed by atoms with Gasteiger partial charge in [0, 0.05) is 17.6 Å². The number of thiophene rings is 1. The number of hydrogen-bond donors (Lipinski definition) is 1. The van der Waals surface area contributed by atoms with Crippen LogP contribution < -0.4 is 5.32 Å². The molecular weight excluding hydrogens is 358 g/mol. The van der Waals surface area contributed by atoms with E-state index in [0.29, 0.717) is 4.88 Å². The Hall–Kier alpha value is -1.93. The topological polar surface area (TPSA) is 72.7 Å². The number of nitrogens with one attached hydrogen (secondary N) is 1. The van der Waals surface area contributed by atoms with Crippen LogP contribution in [0.4, 0.5) is 0 Å². The summed E-state index contributed by atoms with van der Waals surface area (Å²) >= 11 is 2.85. The lowest BCUT2D eigenvalue weighted by Crippen LogP contribution is -2.37. The Morgan fingerprint density at radius 1 is 1.28 bits per heavy atom. The van der Waals surface area contributed by atoms with Gasteiger partial charge in [-0.3, -0.25) is 9.20 Å². The Morgan fingerprint density at radius 3 is 2.88 bits per heavy atom. The van der Waals surface area contributed by atoms with E-state index in [1.807, 2.05) is 16.0 Å². The fraction of sp³-hybridized carbons (Fsp3) is 0.471. The smallest absolute Gasteiger partial charge is 0.348 e. The number of hydrogen-bond acceptors (Lipinski definition) is 6. The highest BCUT2D eigenvalue weighted by molar-refractivity contribution is 7.21. The lowest BCUT2D eigenvalue weighted by Gasteiger charge is -2.15. The van der Waals surface area contributed by atoms with Gasteiger partial charge in [0.1, 0.15) is 9.71 Å². The quantitative estimate of drug-likeness (QED) is 0.557. The highest BCUT2D eigenvalue weighted by atomic mass is 32.1. The van der Waals surface area contributed by atoms with Crippen LogP contribution in [0.5, 0.6) is 0 Å². The van der Waals surface area contributed by atoms with E-state index in [2.05, 4.69) is 10.3 Å². The molecule has 1 saturated carbocycles. The molecule has 3 heterocycles. The molecule has 0 atom stereocenters. The van der Waals surface area contributed by atoms with Crippen LogP contribution in [0.25, 0.3) is 15.3 Å². The molecule has 0 aromatic carbocycles. The first-order valence-corrected chi connectivity index (χ1v) is 10.2. The van der Waals surface area contributed by atoms with E-state index in [1.165, 1.54) is 24.2 Å². The summed E-state index contributed by atoms with van der Waals surface area (Å²) in [5.74, 6) is -0.688. The van der Waals surface area contributed by atoms with Gasteiger partial charge in [0.25, 0.3) is 5.91 Å². The molecule has 3 aromatic rings. The number of thiazole rings is 1. The van der Waals surface area contributed by atoms with Crippen LogP contribution in [-0.4, -0.2) is 33.9 Å². The molecular formula is C17H19N3O3S2. The molecule has 1 aliphatic rings. The molecule has 0 aliphatic heterocycles. The number of rotatable bonds is 4. The minimum absolute atomic E-state index is 0.214. The van der Waals surface area contributed by atoms with Crippen molar-refractivity contribution in [3.05, 3.63) is 22.5 Å². The lowest BCUT2D eigenvalue weighted by atomic mass is 10.1. The second-order valence-corrected chi connectivity index (χ2v) is 8.20. The van der Waals surface area contributed by atoms with E-state index >= 15 is 0 Å². The van der Waals surface area contributed by atoms with Crippen molar-refractivity contribution in [2.45, 2.75) is 44.6 Å². The van der Waals surface area contributed by atoms with Crippen LogP contribution in [0.1, 0.15) is 48.2 Å². The fourth-order valence-corrected chi connectivity index (χ4v) is 4.94. The third kappa shape index (κ3) is 3.55. The predicted molar refractivity (Wildman–Crippen MR) is 98.4 cm³/mol. The first kappa shape index (κ1) is 16.5. The van der Waals surface area contributed by atoms with Crippen molar-refractivity contribution in [3.63, 3.8) is 0 Å². The van der Waals surface area contributed by atoms with E-state index in [1.54, 1.807) is 17.4 Å². The summed E-state index contributed by atoms with van der Waals surface area (Å²) in [4.78, 5) is 30.9. The largest absolute Gasteiger partial charge is 0.451 e. The molecule has 3 aromatic heterocycles. The summed E-state index contributed by atoms with van der Waals surface area (Å²) in [6.07, 6.45) is 8.72. The molecule has 0 bridgehead atoms. The third-order valence-corrected chi connectivity index (χ3v) is 6.25. The molecule has 1 aliphatic carbocycles. The van der Waals surface area contributed by atoms with Crippen LogP contribution >= 0.6 is 22.7 Å². The molecule has 1 N–H and O–H groups in total. The van der Waals surface area contributed by atoms with Crippen molar-refractivity contribution < 1.29 is 14.3 Å². The summed E-state index contributed by atoms with van der Waals surface area (Å²) in [7, 11) is 0. The van der Waals surface area contributed by atoms with Crippen LogP contribution in [0, 0.1) is 0 Å². The molecule has 4 rings (SSSR count). The number of fused-ring (bicyclic) bond motifs is 3. The maximum Gasteiger partial charge on any atom is 0.348 e. The number of amides is 1. The highest BCUT2D eigenvalue weighted by Crippen LogP contribution is 2.28. The first-order chi connectivity index (χ1) is 12.2. The molecule has 25 heavy (non-hydrogen) atoms. The Morgan fingerprint density at radius 2 is 2.08 bits per heavy atom. The van der Waals surface area contributed by atoms with Crippen molar-refractivity contribution in [1.82, 2.24) is 14.7 Å². The van der Waals surface area contributed by atoms with Gasteiger partial charge in [0.2, 0.25) is 0 Å². The average Bonchev–Trinajstić information content (AvgIpc) is 3.21. The van der Waals surface area contributed by atoms with Gasteiger partial charge in [-0.2, -0.15) is 0 Å². The first-order valence-electron chi connectivity index (χ1n) is 8.52. The average molecular weight is 377 g/mol. The Bertz CT molecular complexity index is 903. The molecule has 0 radical (unpaired) electrons. The fourth-order valence-electron chi connectivity index (χ4n) is 3.24. The second kappa shape index (κ2) is 7.13. The van der Waals surface area contributed by atoms with Gasteiger partial charge < -0.3 is 10.1 Å². The third-order valence-electron chi connectivity index (χ3n) is 4.50. The minimum atomic E-state index is -0.469. The van der Waals surface area contributed by atoms with Gasteiger partial charge in [-0.1, -0.05) is 25.7 Å². The van der Waals surface area contributed by atoms with Crippen molar-refractivity contribution in [3.8, 4) is 0 Å². The maximum atomic E-state index is 12.2. The van der Waals surface area contributed by atoms with Gasteiger partial charge in [0.15, 0.2) is 11.6 Å². The Balaban J connectivity index is 1.35. The number of esters is 1. The highest BCUT2D eigenvalue weighted by Gasteiger charge is 2.19. The SMILES string of the molecule is O=C(COC(=O)c1cc2c(nc3sccn32)s1)NC1CCCCCC1. The zero-order chi connectivity index (χ0) is 17.2. The number of nitrogens with zero attached hydrogens (tertiary/aromatic N) is 2. The predicted octanol–water partition coefficient (Wildman–Crippen LogP) is 3.61. The van der Waals surface area contributed by atoms with E-state index in [-0.39, 0.29) is 18.6 Å². The number of carbonyl (C=O) groups excluding carboxylic acids is 2. The standard InChI is InChI=1S/C17H19N3O3S2/c21-14(18-11-5-3-1-2-4-6-11)10-23-16(22)13-9-12-15(25-13)19-17-20(12)7-8-24-17/h7-9,11H,1-6,10H2,(H,18,21).